The second kappa shape index (κ2) is 12.0. The minimum absolute atomic E-state index is 0.175. The number of anilines is 1. The number of benzene rings is 3. The van der Waals surface area contributed by atoms with Crippen molar-refractivity contribution in [3.8, 4) is 0 Å². The SMILES string of the molecule is CCOC(=O)C1=C(c2ccccc2)N=c2s/c(=C/[C@H]3C(=O)N(c4ccccc4)N=C3C)c(=O)n2[C@@H]1c1ccc(C(C)C)cc1. The van der Waals surface area contributed by atoms with Crippen molar-refractivity contribution >= 4 is 46.4 Å². The summed E-state index contributed by atoms with van der Waals surface area (Å²) in [5.41, 5.74) is 4.30. The normalized spacial score (nSPS) is 18.4. The average Bonchev–Trinajstić information content (AvgIpc) is 3.51. The number of carbonyl (C=O) groups is 2. The summed E-state index contributed by atoms with van der Waals surface area (Å²) in [5.74, 6) is -1.17. The highest BCUT2D eigenvalue weighted by molar-refractivity contribution is 7.07. The van der Waals surface area contributed by atoms with E-state index in [1.165, 1.54) is 16.3 Å². The van der Waals surface area contributed by atoms with Crippen molar-refractivity contribution in [3.05, 3.63) is 127 Å². The molecule has 0 radical (unpaired) electrons. The molecule has 0 unspecified atom stereocenters. The Morgan fingerprint density at radius 2 is 1.64 bits per heavy atom. The number of fused-ring (bicyclic) bond motifs is 1. The lowest BCUT2D eigenvalue weighted by atomic mass is 9.91. The van der Waals surface area contributed by atoms with Gasteiger partial charge in [-0.2, -0.15) is 10.1 Å². The number of hydrogen-bond acceptors (Lipinski definition) is 7. The maximum atomic E-state index is 14.2. The first-order valence-corrected chi connectivity index (χ1v) is 15.4. The first-order chi connectivity index (χ1) is 21.3. The lowest BCUT2D eigenvalue weighted by molar-refractivity contribution is -0.138. The van der Waals surface area contributed by atoms with Crippen LogP contribution in [0, 0.1) is 5.92 Å². The van der Waals surface area contributed by atoms with Crippen molar-refractivity contribution in [2.75, 3.05) is 11.6 Å². The topological polar surface area (TPSA) is 93.3 Å². The molecule has 0 fully saturated rings. The fourth-order valence-electron chi connectivity index (χ4n) is 5.51. The Kier molecular flexibility index (Phi) is 7.97. The lowest BCUT2D eigenvalue weighted by Gasteiger charge is -2.26. The maximum Gasteiger partial charge on any atom is 0.338 e. The molecule has 0 N–H and O–H groups in total. The van der Waals surface area contributed by atoms with Gasteiger partial charge in [0.05, 0.1) is 39.9 Å². The van der Waals surface area contributed by atoms with Crippen LogP contribution in [-0.4, -0.2) is 28.8 Å². The van der Waals surface area contributed by atoms with Gasteiger partial charge in [0.2, 0.25) is 0 Å². The van der Waals surface area contributed by atoms with E-state index in [1.54, 1.807) is 24.5 Å². The summed E-state index contributed by atoms with van der Waals surface area (Å²) in [6.45, 7) is 7.94. The van der Waals surface area contributed by atoms with Crippen molar-refractivity contribution in [1.29, 1.82) is 0 Å². The minimum atomic E-state index is -0.779. The molecule has 4 aromatic rings. The Morgan fingerprint density at radius 1 is 0.977 bits per heavy atom. The van der Waals surface area contributed by atoms with Gasteiger partial charge in [0, 0.05) is 5.56 Å². The van der Waals surface area contributed by atoms with Gasteiger partial charge in [-0.25, -0.2) is 9.79 Å². The molecule has 2 aliphatic rings. The molecular formula is C35H32N4O4S. The van der Waals surface area contributed by atoms with Crippen molar-refractivity contribution in [2.45, 2.75) is 39.7 Å². The monoisotopic (exact) mass is 604 g/mol. The van der Waals surface area contributed by atoms with Crippen LogP contribution in [0.3, 0.4) is 0 Å². The molecule has 0 spiro atoms. The van der Waals surface area contributed by atoms with E-state index in [2.05, 4.69) is 18.9 Å². The van der Waals surface area contributed by atoms with Gasteiger partial charge in [0.25, 0.3) is 11.5 Å². The van der Waals surface area contributed by atoms with Crippen LogP contribution in [0.1, 0.15) is 56.3 Å². The van der Waals surface area contributed by atoms with Crippen LogP contribution in [0.4, 0.5) is 5.69 Å². The summed E-state index contributed by atoms with van der Waals surface area (Å²) in [6.07, 6.45) is 1.67. The smallest absolute Gasteiger partial charge is 0.338 e. The number of para-hydroxylation sites is 1. The summed E-state index contributed by atoms with van der Waals surface area (Å²) in [5, 5.41) is 5.87. The van der Waals surface area contributed by atoms with Gasteiger partial charge in [-0.15, -0.1) is 0 Å². The van der Waals surface area contributed by atoms with Crippen LogP contribution < -0.4 is 19.9 Å². The summed E-state index contributed by atoms with van der Waals surface area (Å²) in [6, 6.07) is 25.8. The van der Waals surface area contributed by atoms with Crippen LogP contribution >= 0.6 is 11.3 Å². The predicted molar refractivity (Wildman–Crippen MR) is 173 cm³/mol. The first-order valence-electron chi connectivity index (χ1n) is 14.6. The van der Waals surface area contributed by atoms with E-state index in [-0.39, 0.29) is 18.1 Å². The number of carbonyl (C=O) groups excluding carboxylic acids is 2. The molecule has 3 aromatic carbocycles. The highest BCUT2D eigenvalue weighted by Crippen LogP contribution is 2.35. The molecule has 8 nitrogen and oxygen atoms in total. The zero-order valence-electron chi connectivity index (χ0n) is 24.9. The predicted octanol–water partition coefficient (Wildman–Crippen LogP) is 5.05. The fraction of sp³-hybridized carbons (Fsp3) is 0.229. The molecule has 3 heterocycles. The van der Waals surface area contributed by atoms with Gasteiger partial charge in [-0.05, 0) is 49.1 Å². The lowest BCUT2D eigenvalue weighted by Crippen LogP contribution is -2.40. The van der Waals surface area contributed by atoms with E-state index in [9.17, 15) is 14.4 Å². The molecule has 44 heavy (non-hydrogen) atoms. The number of amides is 1. The van der Waals surface area contributed by atoms with Crippen molar-refractivity contribution < 1.29 is 14.3 Å². The van der Waals surface area contributed by atoms with E-state index < -0.39 is 17.9 Å². The quantitative estimate of drug-likeness (QED) is 0.276. The second-order valence-corrected chi connectivity index (χ2v) is 12.0. The van der Waals surface area contributed by atoms with E-state index in [4.69, 9.17) is 9.73 Å². The zero-order chi connectivity index (χ0) is 31.0. The molecule has 1 aromatic heterocycles. The Balaban J connectivity index is 1.55. The number of esters is 1. The Hall–Kier alpha value is -4.89. The number of nitrogens with zero attached hydrogens (tertiary/aromatic N) is 4. The fourth-order valence-corrected chi connectivity index (χ4v) is 6.52. The van der Waals surface area contributed by atoms with Gasteiger partial charge < -0.3 is 4.74 Å². The molecule has 222 valence electrons. The highest BCUT2D eigenvalue weighted by atomic mass is 32.1. The Labute approximate surface area is 259 Å². The van der Waals surface area contributed by atoms with Crippen LogP contribution in [-0.2, 0) is 14.3 Å². The standard InChI is InChI=1S/C35H32N4O4S/c1-5-43-34(42)29-30(24-12-8-6-9-13-24)36-35-38(31(29)25-18-16-23(17-19-25)21(2)3)33(41)28(44-35)20-27-22(4)37-39(32(27)40)26-14-10-7-11-15-26/h6-21,27,31H,5H2,1-4H3/b28-20+/t27-,31-/m1/s1. The summed E-state index contributed by atoms with van der Waals surface area (Å²) in [7, 11) is 0. The van der Waals surface area contributed by atoms with Crippen LogP contribution in [0.5, 0.6) is 0 Å². The number of aromatic nitrogens is 1. The Bertz CT molecular complexity index is 1970. The van der Waals surface area contributed by atoms with Crippen molar-refractivity contribution in [3.63, 3.8) is 0 Å². The van der Waals surface area contributed by atoms with Crippen molar-refractivity contribution in [2.24, 2.45) is 16.0 Å². The molecule has 6 rings (SSSR count). The molecule has 0 saturated carbocycles. The van der Waals surface area contributed by atoms with Gasteiger partial charge in [0.15, 0.2) is 4.80 Å². The number of ether oxygens (including phenoxy) is 1. The molecular weight excluding hydrogens is 572 g/mol. The number of hydrogen-bond donors (Lipinski definition) is 0. The highest BCUT2D eigenvalue weighted by Gasteiger charge is 2.37. The van der Waals surface area contributed by atoms with E-state index in [0.717, 1.165) is 16.7 Å². The third kappa shape index (κ3) is 5.24. The van der Waals surface area contributed by atoms with E-state index in [1.807, 2.05) is 84.9 Å². The number of thiazole rings is 1. The third-order valence-corrected chi connectivity index (χ3v) is 8.80. The van der Waals surface area contributed by atoms with Crippen LogP contribution in [0.15, 0.2) is 105 Å². The minimum Gasteiger partial charge on any atom is -0.463 e. The molecule has 0 saturated heterocycles. The second-order valence-electron chi connectivity index (χ2n) is 11.0. The van der Waals surface area contributed by atoms with Crippen LogP contribution in [0.25, 0.3) is 11.8 Å². The Morgan fingerprint density at radius 3 is 2.27 bits per heavy atom. The summed E-state index contributed by atoms with van der Waals surface area (Å²) >= 11 is 1.20. The molecule has 2 atom stereocenters. The largest absolute Gasteiger partial charge is 0.463 e. The molecule has 0 bridgehead atoms. The van der Waals surface area contributed by atoms with Crippen LogP contribution in [0.2, 0.25) is 0 Å². The molecule has 0 aliphatic carbocycles. The van der Waals surface area contributed by atoms with Gasteiger partial charge in [0.1, 0.15) is 5.92 Å². The van der Waals surface area contributed by atoms with Crippen molar-refractivity contribution in [1.82, 2.24) is 4.57 Å². The zero-order valence-corrected chi connectivity index (χ0v) is 25.7. The summed E-state index contributed by atoms with van der Waals surface area (Å²) < 4.78 is 7.47. The van der Waals surface area contributed by atoms with E-state index >= 15 is 0 Å². The third-order valence-electron chi connectivity index (χ3n) is 7.79. The molecule has 1 amide bonds. The summed E-state index contributed by atoms with van der Waals surface area (Å²) in [4.78, 5) is 46.7. The van der Waals surface area contributed by atoms with Gasteiger partial charge in [-0.3, -0.25) is 14.2 Å². The molecule has 2 aliphatic heterocycles. The average molecular weight is 605 g/mol. The number of rotatable bonds is 7. The van der Waals surface area contributed by atoms with E-state index in [0.29, 0.717) is 37.9 Å². The van der Waals surface area contributed by atoms with Gasteiger partial charge in [-0.1, -0.05) is 98.0 Å². The molecule has 9 heteroatoms. The first kappa shape index (κ1) is 29.2. The van der Waals surface area contributed by atoms with Gasteiger partial charge >= 0.3 is 5.97 Å². The number of hydrazone groups is 1. The maximum absolute atomic E-state index is 14.2.